The quantitative estimate of drug-likeness (QED) is 0.367. The van der Waals surface area contributed by atoms with E-state index in [4.69, 9.17) is 10.5 Å². The predicted molar refractivity (Wildman–Crippen MR) is 83.3 cm³/mol. The Hall–Kier alpha value is -2.42. The van der Waals surface area contributed by atoms with Crippen LogP contribution < -0.4 is 21.2 Å². The topological polar surface area (TPSA) is 123 Å². The van der Waals surface area contributed by atoms with Gasteiger partial charge in [0.05, 0.1) is 6.21 Å². The number of hydrogen-bond acceptors (Lipinski definition) is 5. The predicted octanol–water partition coefficient (Wildman–Crippen LogP) is -0.101. The van der Waals surface area contributed by atoms with Crippen LogP contribution in [0.2, 0.25) is 0 Å². The summed E-state index contributed by atoms with van der Waals surface area (Å²) in [7, 11) is 0. The normalized spacial score (nSPS) is 10.3. The minimum absolute atomic E-state index is 0.284. The van der Waals surface area contributed by atoms with Crippen molar-refractivity contribution >= 4 is 39.9 Å². The van der Waals surface area contributed by atoms with Gasteiger partial charge in [-0.05, 0) is 25.1 Å². The first-order valence-corrected chi connectivity index (χ1v) is 7.05. The Morgan fingerprint density at radius 3 is 2.73 bits per heavy atom. The lowest BCUT2D eigenvalue weighted by Gasteiger charge is -2.07. The highest BCUT2D eigenvalue weighted by Gasteiger charge is 2.10. The summed E-state index contributed by atoms with van der Waals surface area (Å²) in [5.41, 5.74) is 7.59. The summed E-state index contributed by atoms with van der Waals surface area (Å²) in [6, 6.07) is 4.99. The number of likely N-dealkylation sites (N-methyl/N-ethyl adjacent to an activating group) is 1. The van der Waals surface area contributed by atoms with E-state index in [-0.39, 0.29) is 6.61 Å². The second-order valence-electron chi connectivity index (χ2n) is 4.00. The van der Waals surface area contributed by atoms with Crippen LogP contribution in [0.25, 0.3) is 0 Å². The number of carbonyl (C=O) groups excluding carboxylic acids is 3. The number of amides is 3. The molecular weight excluding hydrogens is 356 g/mol. The zero-order valence-electron chi connectivity index (χ0n) is 11.8. The van der Waals surface area contributed by atoms with Crippen molar-refractivity contribution in [3.63, 3.8) is 0 Å². The molecule has 0 saturated carbocycles. The van der Waals surface area contributed by atoms with Crippen LogP contribution in [-0.2, 0) is 14.4 Å². The summed E-state index contributed by atoms with van der Waals surface area (Å²) < 4.78 is 5.96. The first-order valence-electron chi connectivity index (χ1n) is 6.26. The lowest BCUT2D eigenvalue weighted by atomic mass is 10.2. The molecule has 8 nitrogen and oxygen atoms in total. The molecule has 0 unspecified atom stereocenters. The number of nitrogens with zero attached hydrogens (tertiary/aromatic N) is 1. The van der Waals surface area contributed by atoms with E-state index < -0.39 is 17.7 Å². The van der Waals surface area contributed by atoms with Gasteiger partial charge in [0.1, 0.15) is 5.75 Å². The van der Waals surface area contributed by atoms with Gasteiger partial charge in [-0.1, -0.05) is 15.9 Å². The highest BCUT2D eigenvalue weighted by molar-refractivity contribution is 9.10. The maximum atomic E-state index is 11.4. The van der Waals surface area contributed by atoms with Gasteiger partial charge in [0.25, 0.3) is 5.91 Å². The number of carbonyl (C=O) groups is 3. The number of nitrogens with two attached hydrogens (primary N) is 1. The van der Waals surface area contributed by atoms with Crippen LogP contribution in [-0.4, -0.2) is 37.1 Å². The number of halogens is 1. The third-order valence-electron chi connectivity index (χ3n) is 2.26. The fraction of sp³-hybridized carbons (Fsp3) is 0.231. The highest BCUT2D eigenvalue weighted by atomic mass is 79.9. The monoisotopic (exact) mass is 370 g/mol. The first kappa shape index (κ1) is 17.6. The van der Waals surface area contributed by atoms with Gasteiger partial charge >= 0.3 is 11.8 Å². The minimum Gasteiger partial charge on any atom is -0.483 e. The van der Waals surface area contributed by atoms with Crippen molar-refractivity contribution in [2.45, 2.75) is 6.92 Å². The maximum Gasteiger partial charge on any atom is 0.329 e. The molecule has 0 bridgehead atoms. The SMILES string of the molecule is CCNC(=O)C(=O)N/N=C\c1cc(Br)ccc1OCC(N)=O. The number of primary amides is 1. The Balaban J connectivity index is 2.76. The van der Waals surface area contributed by atoms with Crippen LogP contribution in [0, 0.1) is 0 Å². The van der Waals surface area contributed by atoms with E-state index in [2.05, 4.69) is 31.8 Å². The number of nitrogens with one attached hydrogen (secondary N) is 2. The molecular formula is C13H15BrN4O4. The van der Waals surface area contributed by atoms with Gasteiger partial charge in [-0.3, -0.25) is 14.4 Å². The molecule has 0 atom stereocenters. The van der Waals surface area contributed by atoms with Crippen molar-refractivity contribution in [2.24, 2.45) is 10.8 Å². The Bertz CT molecular complexity index is 604. The Kier molecular flexibility index (Phi) is 7.03. The molecule has 4 N–H and O–H groups in total. The number of rotatable bonds is 6. The standard InChI is InChI=1S/C13H15BrN4O4/c1-2-16-12(20)13(21)18-17-6-8-5-9(14)3-4-10(8)22-7-11(15)19/h3-6H,2,7H2,1H3,(H2,15,19)(H,16,20)(H,18,21)/b17-6-. The van der Waals surface area contributed by atoms with E-state index in [1.165, 1.54) is 6.21 Å². The molecule has 0 aliphatic carbocycles. The van der Waals surface area contributed by atoms with Crippen LogP contribution in [0.1, 0.15) is 12.5 Å². The van der Waals surface area contributed by atoms with E-state index in [0.717, 1.165) is 4.47 Å². The van der Waals surface area contributed by atoms with Crippen molar-refractivity contribution in [2.75, 3.05) is 13.2 Å². The molecule has 3 amide bonds. The van der Waals surface area contributed by atoms with Gasteiger partial charge in [0, 0.05) is 16.6 Å². The van der Waals surface area contributed by atoms with Crippen molar-refractivity contribution in [1.82, 2.24) is 10.7 Å². The zero-order valence-corrected chi connectivity index (χ0v) is 13.3. The van der Waals surface area contributed by atoms with Crippen LogP contribution in [0.3, 0.4) is 0 Å². The Morgan fingerprint density at radius 2 is 2.09 bits per heavy atom. The Labute approximate surface area is 135 Å². The molecule has 0 saturated heterocycles. The third kappa shape index (κ3) is 5.92. The summed E-state index contributed by atoms with van der Waals surface area (Å²) in [4.78, 5) is 33.3. The summed E-state index contributed by atoms with van der Waals surface area (Å²) in [6.45, 7) is 1.75. The van der Waals surface area contributed by atoms with Crippen molar-refractivity contribution in [3.8, 4) is 5.75 Å². The molecule has 1 aromatic rings. The average molecular weight is 371 g/mol. The molecule has 0 radical (unpaired) electrons. The van der Waals surface area contributed by atoms with E-state index in [0.29, 0.717) is 17.9 Å². The van der Waals surface area contributed by atoms with Gasteiger partial charge in [0.2, 0.25) is 0 Å². The fourth-order valence-electron chi connectivity index (χ4n) is 1.35. The first-order chi connectivity index (χ1) is 10.4. The van der Waals surface area contributed by atoms with Crippen LogP contribution in [0.5, 0.6) is 5.75 Å². The largest absolute Gasteiger partial charge is 0.483 e. The lowest BCUT2D eigenvalue weighted by molar-refractivity contribution is -0.139. The molecule has 0 aliphatic heterocycles. The third-order valence-corrected chi connectivity index (χ3v) is 2.75. The number of hydrogen-bond donors (Lipinski definition) is 3. The smallest absolute Gasteiger partial charge is 0.329 e. The molecule has 0 spiro atoms. The zero-order chi connectivity index (χ0) is 16.5. The van der Waals surface area contributed by atoms with Crippen molar-refractivity contribution in [1.29, 1.82) is 0 Å². The molecule has 22 heavy (non-hydrogen) atoms. The van der Waals surface area contributed by atoms with Crippen LogP contribution >= 0.6 is 15.9 Å². The average Bonchev–Trinajstić information content (AvgIpc) is 2.46. The molecule has 118 valence electrons. The molecule has 9 heteroatoms. The van der Waals surface area contributed by atoms with E-state index in [9.17, 15) is 14.4 Å². The van der Waals surface area contributed by atoms with Gasteiger partial charge < -0.3 is 15.8 Å². The van der Waals surface area contributed by atoms with Gasteiger partial charge in [-0.15, -0.1) is 0 Å². The molecule has 0 fully saturated rings. The van der Waals surface area contributed by atoms with Crippen molar-refractivity contribution < 1.29 is 19.1 Å². The van der Waals surface area contributed by atoms with Crippen LogP contribution in [0.15, 0.2) is 27.8 Å². The molecule has 0 aromatic heterocycles. The number of ether oxygens (including phenoxy) is 1. The van der Waals surface area contributed by atoms with Gasteiger partial charge in [-0.2, -0.15) is 5.10 Å². The van der Waals surface area contributed by atoms with Gasteiger partial charge in [-0.25, -0.2) is 5.43 Å². The van der Waals surface area contributed by atoms with E-state index >= 15 is 0 Å². The highest BCUT2D eigenvalue weighted by Crippen LogP contribution is 2.21. The van der Waals surface area contributed by atoms with Crippen molar-refractivity contribution in [3.05, 3.63) is 28.2 Å². The number of hydrazone groups is 1. The van der Waals surface area contributed by atoms with Crippen LogP contribution in [0.4, 0.5) is 0 Å². The minimum atomic E-state index is -0.882. The summed E-state index contributed by atoms with van der Waals surface area (Å²) >= 11 is 3.28. The second kappa shape index (κ2) is 8.78. The van der Waals surface area contributed by atoms with E-state index in [1.54, 1.807) is 25.1 Å². The lowest BCUT2D eigenvalue weighted by Crippen LogP contribution is -2.37. The Morgan fingerprint density at radius 1 is 1.36 bits per heavy atom. The summed E-state index contributed by atoms with van der Waals surface area (Å²) in [5.74, 6) is -1.92. The fourth-order valence-corrected chi connectivity index (χ4v) is 1.73. The van der Waals surface area contributed by atoms with E-state index in [1.807, 2.05) is 0 Å². The van der Waals surface area contributed by atoms with Gasteiger partial charge in [0.15, 0.2) is 6.61 Å². The number of benzene rings is 1. The molecule has 1 rings (SSSR count). The second-order valence-corrected chi connectivity index (χ2v) is 4.91. The maximum absolute atomic E-state index is 11.4. The molecule has 0 aliphatic rings. The summed E-state index contributed by atoms with van der Waals surface area (Å²) in [5, 5.41) is 6.01. The summed E-state index contributed by atoms with van der Waals surface area (Å²) in [6.07, 6.45) is 1.29. The molecule has 0 heterocycles. The molecule has 1 aromatic carbocycles.